The molecule has 0 atom stereocenters. The number of benzene rings is 1. The Labute approximate surface area is 145 Å². The molecule has 0 fully saturated rings. The van der Waals surface area contributed by atoms with Crippen LogP contribution in [0.4, 0.5) is 20.3 Å². The minimum atomic E-state index is -1.08. The van der Waals surface area contributed by atoms with Crippen molar-refractivity contribution in [1.82, 2.24) is 4.98 Å². The number of halogens is 3. The third kappa shape index (κ3) is 3.96. The number of pyridine rings is 1. The predicted molar refractivity (Wildman–Crippen MR) is 93.9 cm³/mol. The van der Waals surface area contributed by atoms with E-state index in [1.165, 1.54) is 6.07 Å². The minimum Gasteiger partial charge on any atom is -0.465 e. The standard InChI is InChI=1S/C16H17ClF2N2O2S/c1-23-16(22)10-8-12(19)14(17)21-15(10)20-13-6-5-9(7-11(13)18)24(2,3)4/h5-8H,1-4H3,(H,20,21). The van der Waals surface area contributed by atoms with Gasteiger partial charge in [0, 0.05) is 0 Å². The monoisotopic (exact) mass is 374 g/mol. The van der Waals surface area contributed by atoms with Crippen molar-refractivity contribution in [2.75, 3.05) is 31.2 Å². The minimum absolute atomic E-state index is 0.0806. The van der Waals surface area contributed by atoms with Crippen LogP contribution in [0.15, 0.2) is 29.2 Å². The summed E-state index contributed by atoms with van der Waals surface area (Å²) in [6, 6.07) is 5.67. The fourth-order valence-electron chi connectivity index (χ4n) is 1.93. The van der Waals surface area contributed by atoms with E-state index >= 15 is 0 Å². The molecule has 0 amide bonds. The molecular weight excluding hydrogens is 358 g/mol. The highest BCUT2D eigenvalue weighted by Crippen LogP contribution is 2.45. The molecule has 2 rings (SSSR count). The highest BCUT2D eigenvalue weighted by atomic mass is 35.5. The van der Waals surface area contributed by atoms with Crippen LogP contribution >= 0.6 is 21.6 Å². The van der Waals surface area contributed by atoms with Crippen LogP contribution in [0.2, 0.25) is 5.15 Å². The van der Waals surface area contributed by atoms with Crippen LogP contribution < -0.4 is 5.32 Å². The number of hydrogen-bond acceptors (Lipinski definition) is 4. The topological polar surface area (TPSA) is 51.2 Å². The second-order valence-electron chi connectivity index (χ2n) is 5.75. The van der Waals surface area contributed by atoms with Crippen LogP contribution in [-0.2, 0) is 4.74 Å². The first-order valence-electron chi connectivity index (χ1n) is 6.82. The van der Waals surface area contributed by atoms with Crippen molar-refractivity contribution in [2.24, 2.45) is 0 Å². The van der Waals surface area contributed by atoms with E-state index in [9.17, 15) is 13.6 Å². The molecule has 1 aromatic heterocycles. The summed E-state index contributed by atoms with van der Waals surface area (Å²) < 4.78 is 32.5. The molecule has 0 saturated carbocycles. The van der Waals surface area contributed by atoms with E-state index in [2.05, 4.69) is 15.0 Å². The van der Waals surface area contributed by atoms with Crippen molar-refractivity contribution in [1.29, 1.82) is 0 Å². The number of rotatable bonds is 4. The fraction of sp³-hybridized carbons (Fsp3) is 0.250. The van der Waals surface area contributed by atoms with E-state index in [1.54, 1.807) is 12.1 Å². The summed E-state index contributed by atoms with van der Waals surface area (Å²) in [6.07, 6.45) is 6.14. The van der Waals surface area contributed by atoms with Crippen molar-refractivity contribution >= 4 is 39.1 Å². The van der Waals surface area contributed by atoms with E-state index in [1.807, 2.05) is 18.8 Å². The summed E-state index contributed by atoms with van der Waals surface area (Å²) >= 11 is 5.66. The SMILES string of the molecule is COC(=O)c1cc(F)c(Cl)nc1Nc1ccc(S(C)(C)C)cc1F. The van der Waals surface area contributed by atoms with Crippen molar-refractivity contribution in [3.8, 4) is 0 Å². The second-order valence-corrected chi connectivity index (χ2v) is 10.3. The molecule has 0 aliphatic rings. The van der Waals surface area contributed by atoms with E-state index in [4.69, 9.17) is 11.6 Å². The molecule has 2 aromatic rings. The van der Waals surface area contributed by atoms with Gasteiger partial charge in [0.1, 0.15) is 17.2 Å². The van der Waals surface area contributed by atoms with Crippen molar-refractivity contribution in [3.63, 3.8) is 0 Å². The number of aromatic nitrogens is 1. The Morgan fingerprint density at radius 3 is 2.42 bits per heavy atom. The third-order valence-electron chi connectivity index (χ3n) is 3.24. The van der Waals surface area contributed by atoms with Crippen molar-refractivity contribution in [2.45, 2.75) is 4.90 Å². The lowest BCUT2D eigenvalue weighted by Crippen LogP contribution is -2.09. The van der Waals surface area contributed by atoms with Crippen molar-refractivity contribution < 1.29 is 18.3 Å². The van der Waals surface area contributed by atoms with Crippen LogP contribution in [0.3, 0.4) is 0 Å². The van der Waals surface area contributed by atoms with E-state index in [0.717, 1.165) is 18.1 Å². The van der Waals surface area contributed by atoms with E-state index in [-0.39, 0.29) is 17.1 Å². The molecule has 130 valence electrons. The first kappa shape index (κ1) is 18.5. The summed E-state index contributed by atoms with van der Waals surface area (Å²) in [6.45, 7) is 0. The normalized spacial score (nSPS) is 12.0. The van der Waals surface area contributed by atoms with Gasteiger partial charge in [-0.3, -0.25) is 0 Å². The van der Waals surface area contributed by atoms with E-state index in [0.29, 0.717) is 0 Å². The highest BCUT2D eigenvalue weighted by molar-refractivity contribution is 8.32. The molecular formula is C16H17ClF2N2O2S. The second kappa shape index (κ2) is 6.94. The molecule has 0 aliphatic heterocycles. The first-order valence-corrected chi connectivity index (χ1v) is 10.1. The smallest absolute Gasteiger partial charge is 0.341 e. The summed E-state index contributed by atoms with van der Waals surface area (Å²) in [4.78, 5) is 16.4. The molecule has 0 saturated heterocycles. The Morgan fingerprint density at radius 2 is 1.88 bits per heavy atom. The highest BCUT2D eigenvalue weighted by Gasteiger charge is 2.19. The Bertz CT molecular complexity index is 794. The van der Waals surface area contributed by atoms with E-state index < -0.39 is 32.8 Å². The van der Waals surface area contributed by atoms with Gasteiger partial charge in [0.25, 0.3) is 0 Å². The number of nitrogens with zero attached hydrogens (tertiary/aromatic N) is 1. The number of ether oxygens (including phenoxy) is 1. The van der Waals surface area contributed by atoms with Gasteiger partial charge < -0.3 is 10.1 Å². The molecule has 0 bridgehead atoms. The molecule has 24 heavy (non-hydrogen) atoms. The van der Waals surface area contributed by atoms with Gasteiger partial charge >= 0.3 is 5.97 Å². The molecule has 0 radical (unpaired) electrons. The molecule has 1 aromatic carbocycles. The summed E-state index contributed by atoms with van der Waals surface area (Å²) in [7, 11) is 0.0718. The maximum Gasteiger partial charge on any atom is 0.341 e. The number of nitrogens with one attached hydrogen (secondary N) is 1. The fourth-order valence-corrected chi connectivity index (χ4v) is 3.01. The summed E-state index contributed by atoms with van der Waals surface area (Å²) in [5, 5.41) is 2.24. The Balaban J connectivity index is 2.44. The summed E-state index contributed by atoms with van der Waals surface area (Å²) in [5.41, 5.74) is -0.0768. The van der Waals surface area contributed by atoms with Gasteiger partial charge in [-0.25, -0.2) is 28.6 Å². The maximum absolute atomic E-state index is 14.4. The van der Waals surface area contributed by atoms with Gasteiger partial charge in [-0.2, -0.15) is 0 Å². The van der Waals surface area contributed by atoms with Gasteiger partial charge in [-0.05, 0) is 47.9 Å². The zero-order valence-electron chi connectivity index (χ0n) is 13.6. The number of carbonyl (C=O) groups excluding carboxylic acids is 1. The molecule has 0 aliphatic carbocycles. The van der Waals surface area contributed by atoms with Gasteiger partial charge in [0.05, 0.1) is 12.8 Å². The van der Waals surface area contributed by atoms with Crippen LogP contribution in [0.5, 0.6) is 0 Å². The van der Waals surface area contributed by atoms with Gasteiger partial charge in [-0.15, -0.1) is 0 Å². The van der Waals surface area contributed by atoms with Crippen LogP contribution in [0.25, 0.3) is 0 Å². The molecule has 1 N–H and O–H groups in total. The first-order chi connectivity index (χ1) is 11.1. The zero-order valence-corrected chi connectivity index (χ0v) is 15.2. The van der Waals surface area contributed by atoms with Gasteiger partial charge in [0.2, 0.25) is 0 Å². The average Bonchev–Trinajstić information content (AvgIpc) is 2.50. The molecule has 4 nitrogen and oxygen atoms in total. The Kier molecular flexibility index (Phi) is 5.35. The summed E-state index contributed by atoms with van der Waals surface area (Å²) in [5.74, 6) is -2.26. The van der Waals surface area contributed by atoms with Crippen molar-refractivity contribution in [3.05, 3.63) is 46.6 Å². The van der Waals surface area contributed by atoms with Gasteiger partial charge in [-0.1, -0.05) is 11.6 Å². The number of anilines is 2. The number of methoxy groups -OCH3 is 1. The molecule has 8 heteroatoms. The average molecular weight is 375 g/mol. The number of hydrogen-bond donors (Lipinski definition) is 1. The molecule has 0 spiro atoms. The zero-order chi connectivity index (χ0) is 18.1. The van der Waals surface area contributed by atoms with Crippen LogP contribution in [-0.4, -0.2) is 36.8 Å². The van der Waals surface area contributed by atoms with Crippen LogP contribution in [0.1, 0.15) is 10.4 Å². The Hall–Kier alpha value is -1.86. The lowest BCUT2D eigenvalue weighted by molar-refractivity contribution is 0.0601. The lowest BCUT2D eigenvalue weighted by atomic mass is 10.2. The maximum atomic E-state index is 14.4. The van der Waals surface area contributed by atoms with Crippen LogP contribution in [0, 0.1) is 11.6 Å². The Morgan fingerprint density at radius 1 is 1.21 bits per heavy atom. The largest absolute Gasteiger partial charge is 0.465 e. The lowest BCUT2D eigenvalue weighted by Gasteiger charge is -2.26. The molecule has 0 unspecified atom stereocenters. The predicted octanol–water partition coefficient (Wildman–Crippen LogP) is 4.60. The number of carbonyl (C=O) groups is 1. The quantitative estimate of drug-likeness (QED) is 0.628. The van der Waals surface area contributed by atoms with Gasteiger partial charge in [0.15, 0.2) is 11.0 Å². The number of esters is 1. The molecule has 1 heterocycles. The third-order valence-corrected chi connectivity index (χ3v) is 5.17.